The minimum Gasteiger partial charge on any atom is -0.377 e. The standard InChI is InChI=1S/C24H31N5O4/c1-32-29-23(30)18-9-11-19(12-10-18)26-21(22(28-25)24(31)27-20-13-14-20)8-5-15-33-16-17-6-3-2-4-7-17/h2-4,6-7,9-12,20,26,28H,5,8,13-16,25H2,1H3,(H,27,31)(H,29,30)/p+1/b22-21-. The number of carbonyl (C=O) groups excluding carboxylic acids is 2. The van der Waals surface area contributed by atoms with Crippen molar-refractivity contribution in [3.8, 4) is 0 Å². The molecule has 9 nitrogen and oxygen atoms in total. The van der Waals surface area contributed by atoms with E-state index in [0.29, 0.717) is 30.9 Å². The van der Waals surface area contributed by atoms with Crippen LogP contribution in [0.1, 0.15) is 41.6 Å². The molecule has 1 fully saturated rings. The lowest BCUT2D eigenvalue weighted by atomic mass is 10.1. The molecule has 2 amide bonds. The number of amides is 2. The van der Waals surface area contributed by atoms with Crippen molar-refractivity contribution in [1.29, 1.82) is 0 Å². The van der Waals surface area contributed by atoms with Gasteiger partial charge in [-0.3, -0.25) is 25.6 Å². The molecule has 0 spiro atoms. The second-order valence-electron chi connectivity index (χ2n) is 7.84. The number of allylic oxidation sites excluding steroid dienone is 1. The van der Waals surface area contributed by atoms with Gasteiger partial charge in [-0.05, 0) is 37.0 Å². The third kappa shape index (κ3) is 7.99. The van der Waals surface area contributed by atoms with E-state index in [1.165, 1.54) is 7.11 Å². The highest BCUT2D eigenvalue weighted by molar-refractivity contribution is 5.94. The molecule has 33 heavy (non-hydrogen) atoms. The minimum atomic E-state index is -0.330. The van der Waals surface area contributed by atoms with Gasteiger partial charge in [-0.25, -0.2) is 5.48 Å². The molecule has 0 bridgehead atoms. The van der Waals surface area contributed by atoms with Crippen LogP contribution in [0.25, 0.3) is 0 Å². The van der Waals surface area contributed by atoms with Gasteiger partial charge in [0, 0.05) is 36.8 Å². The zero-order valence-electron chi connectivity index (χ0n) is 18.8. The molecule has 0 aromatic heterocycles. The molecule has 1 saturated carbocycles. The molecule has 176 valence electrons. The van der Waals surface area contributed by atoms with Crippen molar-refractivity contribution in [2.75, 3.05) is 13.7 Å². The van der Waals surface area contributed by atoms with Crippen molar-refractivity contribution in [3.63, 3.8) is 0 Å². The fraction of sp³-hybridized carbons (Fsp3) is 0.333. The Morgan fingerprint density at radius 1 is 1.09 bits per heavy atom. The summed E-state index contributed by atoms with van der Waals surface area (Å²) >= 11 is 0. The topological polar surface area (TPSA) is 131 Å². The van der Waals surface area contributed by atoms with Gasteiger partial charge in [0.05, 0.1) is 13.7 Å². The van der Waals surface area contributed by atoms with E-state index in [4.69, 9.17) is 10.6 Å². The van der Waals surface area contributed by atoms with Crippen molar-refractivity contribution in [2.24, 2.45) is 5.84 Å². The molecule has 0 aliphatic heterocycles. The van der Waals surface area contributed by atoms with Gasteiger partial charge < -0.3 is 15.5 Å². The first-order chi connectivity index (χ1) is 16.1. The van der Waals surface area contributed by atoms with Gasteiger partial charge in [0.25, 0.3) is 11.8 Å². The average molecular weight is 455 g/mol. The first-order valence-corrected chi connectivity index (χ1v) is 11.0. The maximum absolute atomic E-state index is 12.7. The SMILES string of the molecule is CONC(=O)c1ccc([NH2+]/C(CCCOCc2ccccc2)=C(\NN)C(=O)NC2CC2)cc1. The van der Waals surface area contributed by atoms with Crippen LogP contribution in [-0.4, -0.2) is 31.6 Å². The smallest absolute Gasteiger partial charge is 0.274 e. The molecule has 1 aliphatic carbocycles. The fourth-order valence-corrected chi connectivity index (χ4v) is 3.27. The second kappa shape index (κ2) is 12.7. The summed E-state index contributed by atoms with van der Waals surface area (Å²) in [7, 11) is 1.38. The number of quaternary nitrogens is 1. The number of hydrazine groups is 1. The third-order valence-corrected chi connectivity index (χ3v) is 5.16. The van der Waals surface area contributed by atoms with Crippen LogP contribution in [0.2, 0.25) is 0 Å². The van der Waals surface area contributed by atoms with Gasteiger partial charge in [-0.15, -0.1) is 0 Å². The van der Waals surface area contributed by atoms with Gasteiger partial charge >= 0.3 is 0 Å². The second-order valence-corrected chi connectivity index (χ2v) is 7.84. The summed E-state index contributed by atoms with van der Waals surface area (Å²) in [5, 5.41) is 4.87. The molecular formula is C24H32N5O4+. The summed E-state index contributed by atoms with van der Waals surface area (Å²) in [5.74, 6) is 5.20. The third-order valence-electron chi connectivity index (χ3n) is 5.16. The molecule has 2 aromatic rings. The Morgan fingerprint density at radius 3 is 2.45 bits per heavy atom. The van der Waals surface area contributed by atoms with E-state index in [9.17, 15) is 9.59 Å². The van der Waals surface area contributed by atoms with Crippen molar-refractivity contribution >= 4 is 17.5 Å². The Balaban J connectivity index is 1.64. The summed E-state index contributed by atoms with van der Waals surface area (Å²) < 4.78 is 5.79. The zero-order chi connectivity index (χ0) is 23.5. The summed E-state index contributed by atoms with van der Waals surface area (Å²) in [5.41, 5.74) is 8.41. The maximum Gasteiger partial charge on any atom is 0.274 e. The molecule has 1 aliphatic rings. The molecular weight excluding hydrogens is 422 g/mol. The van der Waals surface area contributed by atoms with E-state index in [1.807, 2.05) is 47.8 Å². The first-order valence-electron chi connectivity index (χ1n) is 11.0. The van der Waals surface area contributed by atoms with Crippen molar-refractivity contribution in [2.45, 2.75) is 38.3 Å². The summed E-state index contributed by atoms with van der Waals surface area (Å²) in [6.45, 7) is 1.09. The Bertz CT molecular complexity index is 943. The van der Waals surface area contributed by atoms with Crippen molar-refractivity contribution in [1.82, 2.24) is 16.2 Å². The van der Waals surface area contributed by atoms with Crippen LogP contribution in [0, 0.1) is 0 Å². The molecule has 2 aromatic carbocycles. The number of ether oxygens (including phenoxy) is 1. The highest BCUT2D eigenvalue weighted by atomic mass is 16.6. The lowest BCUT2D eigenvalue weighted by molar-refractivity contribution is -0.521. The van der Waals surface area contributed by atoms with Crippen LogP contribution in [0.3, 0.4) is 0 Å². The number of hydroxylamine groups is 1. The molecule has 0 radical (unpaired) electrons. The number of hydrogen-bond donors (Lipinski definition) is 5. The van der Waals surface area contributed by atoms with Crippen LogP contribution in [-0.2, 0) is 21.0 Å². The highest BCUT2D eigenvalue weighted by Crippen LogP contribution is 2.19. The normalized spacial score (nSPS) is 13.8. The van der Waals surface area contributed by atoms with Gasteiger partial charge in [-0.2, -0.15) is 0 Å². The van der Waals surface area contributed by atoms with Crippen molar-refractivity contribution in [3.05, 3.63) is 77.1 Å². The van der Waals surface area contributed by atoms with Crippen LogP contribution in [0.15, 0.2) is 66.0 Å². The van der Waals surface area contributed by atoms with E-state index < -0.39 is 0 Å². The number of nitrogens with two attached hydrogens (primary N) is 2. The van der Waals surface area contributed by atoms with Crippen molar-refractivity contribution < 1.29 is 24.5 Å². The number of rotatable bonds is 13. The molecule has 0 saturated heterocycles. The molecule has 0 heterocycles. The first kappa shape index (κ1) is 24.4. The van der Waals surface area contributed by atoms with Crippen LogP contribution < -0.4 is 27.4 Å². The Morgan fingerprint density at radius 2 is 1.82 bits per heavy atom. The Labute approximate surface area is 193 Å². The van der Waals surface area contributed by atoms with Crippen LogP contribution in [0.5, 0.6) is 0 Å². The number of nitrogens with one attached hydrogen (secondary N) is 3. The van der Waals surface area contributed by atoms with E-state index in [2.05, 4.69) is 21.1 Å². The van der Waals surface area contributed by atoms with E-state index in [0.717, 1.165) is 36.2 Å². The minimum absolute atomic E-state index is 0.215. The number of benzene rings is 2. The fourth-order valence-electron chi connectivity index (χ4n) is 3.27. The molecule has 0 unspecified atom stereocenters. The number of hydrogen-bond acceptors (Lipinski definition) is 6. The molecule has 3 rings (SSSR count). The Kier molecular flexibility index (Phi) is 9.40. The largest absolute Gasteiger partial charge is 0.377 e. The van der Waals surface area contributed by atoms with Gasteiger partial charge in [0.15, 0.2) is 5.70 Å². The van der Waals surface area contributed by atoms with Crippen LogP contribution >= 0.6 is 0 Å². The average Bonchev–Trinajstić information content (AvgIpc) is 3.64. The quantitative estimate of drug-likeness (QED) is 0.101. The predicted octanol–water partition coefficient (Wildman–Crippen LogP) is 1.12. The molecule has 9 heteroatoms. The zero-order valence-corrected chi connectivity index (χ0v) is 18.8. The van der Waals surface area contributed by atoms with Gasteiger partial charge in [0.1, 0.15) is 11.4 Å². The van der Waals surface area contributed by atoms with E-state index in [1.54, 1.807) is 12.1 Å². The highest BCUT2D eigenvalue weighted by Gasteiger charge is 2.27. The maximum atomic E-state index is 12.7. The lowest BCUT2D eigenvalue weighted by Gasteiger charge is -2.13. The summed E-state index contributed by atoms with van der Waals surface area (Å²) in [4.78, 5) is 29.3. The van der Waals surface area contributed by atoms with Gasteiger partial charge in [-0.1, -0.05) is 30.3 Å². The summed E-state index contributed by atoms with van der Waals surface area (Å²) in [6, 6.07) is 17.2. The predicted molar refractivity (Wildman–Crippen MR) is 123 cm³/mol. The number of carbonyl (C=O) groups is 2. The lowest BCUT2D eigenvalue weighted by Crippen LogP contribution is -2.77. The Hall–Kier alpha value is -3.24. The summed E-state index contributed by atoms with van der Waals surface area (Å²) in [6.07, 6.45) is 3.29. The van der Waals surface area contributed by atoms with E-state index in [-0.39, 0.29) is 17.9 Å². The van der Waals surface area contributed by atoms with Crippen LogP contribution in [0.4, 0.5) is 5.69 Å². The molecule has 7 N–H and O–H groups in total. The monoisotopic (exact) mass is 454 g/mol. The molecule has 0 atom stereocenters. The van der Waals surface area contributed by atoms with E-state index >= 15 is 0 Å². The van der Waals surface area contributed by atoms with Gasteiger partial charge in [0.2, 0.25) is 0 Å².